The molecule has 0 spiro atoms. The molecular formula is C12H14FN3O. The Labute approximate surface area is 98.6 Å². The fourth-order valence-electron chi connectivity index (χ4n) is 1.64. The first-order chi connectivity index (χ1) is 8.08. The maximum atomic E-state index is 12.8. The van der Waals surface area contributed by atoms with E-state index < -0.39 is 0 Å². The van der Waals surface area contributed by atoms with Crippen LogP contribution in [-0.4, -0.2) is 10.1 Å². The quantitative estimate of drug-likeness (QED) is 0.888. The number of hydrogen-bond donors (Lipinski definition) is 1. The van der Waals surface area contributed by atoms with Crippen molar-refractivity contribution in [1.82, 2.24) is 10.1 Å². The van der Waals surface area contributed by atoms with Gasteiger partial charge in [-0.25, -0.2) is 9.37 Å². The molecule has 0 saturated heterocycles. The van der Waals surface area contributed by atoms with Crippen molar-refractivity contribution in [2.24, 2.45) is 5.92 Å². The average Bonchev–Trinajstić information content (AvgIpc) is 2.61. The molecule has 0 bridgehead atoms. The van der Waals surface area contributed by atoms with E-state index in [9.17, 15) is 4.39 Å². The molecule has 2 aromatic heterocycles. The highest BCUT2D eigenvalue weighted by Crippen LogP contribution is 2.28. The molecule has 17 heavy (non-hydrogen) atoms. The molecule has 0 unspecified atom stereocenters. The zero-order valence-electron chi connectivity index (χ0n) is 9.77. The zero-order valence-corrected chi connectivity index (χ0v) is 9.77. The first kappa shape index (κ1) is 11.6. The lowest BCUT2D eigenvalue weighted by molar-refractivity contribution is 0.433. The highest BCUT2D eigenvalue weighted by atomic mass is 19.1. The van der Waals surface area contributed by atoms with Crippen LogP contribution in [0.3, 0.4) is 0 Å². The van der Waals surface area contributed by atoms with Crippen molar-refractivity contribution in [1.29, 1.82) is 0 Å². The van der Waals surface area contributed by atoms with Crippen molar-refractivity contribution in [3.8, 4) is 11.5 Å². The maximum absolute atomic E-state index is 12.8. The van der Waals surface area contributed by atoms with Gasteiger partial charge in [-0.1, -0.05) is 19.0 Å². The van der Waals surface area contributed by atoms with E-state index in [2.05, 4.69) is 24.0 Å². The molecule has 0 aliphatic heterocycles. The van der Waals surface area contributed by atoms with E-state index in [1.54, 1.807) is 6.07 Å². The molecule has 2 rings (SSSR count). The highest BCUT2D eigenvalue weighted by molar-refractivity contribution is 5.62. The lowest BCUT2D eigenvalue weighted by Crippen LogP contribution is -1.99. The summed E-state index contributed by atoms with van der Waals surface area (Å²) >= 11 is 0. The molecule has 5 heteroatoms. The third-order valence-corrected chi connectivity index (χ3v) is 2.39. The van der Waals surface area contributed by atoms with Crippen molar-refractivity contribution in [2.45, 2.75) is 20.3 Å². The van der Waals surface area contributed by atoms with Gasteiger partial charge in [0.1, 0.15) is 11.5 Å². The van der Waals surface area contributed by atoms with Gasteiger partial charge in [-0.3, -0.25) is 0 Å². The van der Waals surface area contributed by atoms with Crippen LogP contribution in [0.2, 0.25) is 0 Å². The lowest BCUT2D eigenvalue weighted by Gasteiger charge is -2.04. The van der Waals surface area contributed by atoms with E-state index in [1.807, 2.05) is 0 Å². The molecule has 0 amide bonds. The number of pyridine rings is 1. The van der Waals surface area contributed by atoms with Gasteiger partial charge < -0.3 is 10.3 Å². The Balaban J connectivity index is 2.41. The van der Waals surface area contributed by atoms with E-state index >= 15 is 0 Å². The summed E-state index contributed by atoms with van der Waals surface area (Å²) in [5.74, 6) is 0.943. The molecule has 2 aromatic rings. The van der Waals surface area contributed by atoms with Gasteiger partial charge in [-0.15, -0.1) is 0 Å². The van der Waals surface area contributed by atoms with Crippen molar-refractivity contribution in [3.63, 3.8) is 0 Å². The second-order valence-corrected chi connectivity index (χ2v) is 4.34. The maximum Gasteiger partial charge on any atom is 0.190 e. The van der Waals surface area contributed by atoms with Gasteiger partial charge in [0.25, 0.3) is 0 Å². The van der Waals surface area contributed by atoms with Crippen LogP contribution in [0.5, 0.6) is 0 Å². The van der Waals surface area contributed by atoms with Crippen LogP contribution in [-0.2, 0) is 6.42 Å². The predicted octanol–water partition coefficient (Wildman–Crippen LogP) is 2.66. The molecule has 90 valence electrons. The Morgan fingerprint density at radius 3 is 2.76 bits per heavy atom. The summed E-state index contributed by atoms with van der Waals surface area (Å²) in [7, 11) is 0. The summed E-state index contributed by atoms with van der Waals surface area (Å²) in [6.45, 7) is 4.16. The summed E-state index contributed by atoms with van der Waals surface area (Å²) in [4.78, 5) is 3.97. The Morgan fingerprint density at radius 1 is 1.41 bits per heavy atom. The van der Waals surface area contributed by atoms with Gasteiger partial charge in [0.05, 0.1) is 6.20 Å². The standard InChI is InChI=1S/C12H14FN3O/c1-7(2)5-9-11(17-16-12(9)14)10-4-3-8(13)6-15-10/h3-4,6-7H,5H2,1-2H3,(H2,14,16). The molecule has 0 atom stereocenters. The fraction of sp³-hybridized carbons (Fsp3) is 0.333. The summed E-state index contributed by atoms with van der Waals surface area (Å²) in [6.07, 6.45) is 1.90. The topological polar surface area (TPSA) is 64.9 Å². The fourth-order valence-corrected chi connectivity index (χ4v) is 1.64. The van der Waals surface area contributed by atoms with Crippen molar-refractivity contribution in [3.05, 3.63) is 29.7 Å². The van der Waals surface area contributed by atoms with Crippen molar-refractivity contribution >= 4 is 5.82 Å². The smallest absolute Gasteiger partial charge is 0.190 e. The van der Waals surface area contributed by atoms with E-state index in [1.165, 1.54) is 6.07 Å². The van der Waals surface area contributed by atoms with Crippen LogP contribution in [0.15, 0.2) is 22.9 Å². The number of nitrogen functional groups attached to an aromatic ring is 1. The largest absolute Gasteiger partial charge is 0.381 e. The number of nitrogens with zero attached hydrogens (tertiary/aromatic N) is 2. The number of nitrogens with two attached hydrogens (primary N) is 1. The monoisotopic (exact) mass is 235 g/mol. The van der Waals surface area contributed by atoms with Gasteiger partial charge in [0.15, 0.2) is 11.6 Å². The predicted molar refractivity (Wildman–Crippen MR) is 62.6 cm³/mol. The van der Waals surface area contributed by atoms with Gasteiger partial charge in [0.2, 0.25) is 0 Å². The minimum Gasteiger partial charge on any atom is -0.381 e. The SMILES string of the molecule is CC(C)Cc1c(N)noc1-c1ccc(F)cn1. The molecule has 0 aliphatic rings. The molecule has 0 aromatic carbocycles. The first-order valence-corrected chi connectivity index (χ1v) is 5.44. The number of halogens is 1. The van der Waals surface area contributed by atoms with Gasteiger partial charge in [-0.05, 0) is 24.5 Å². The Hall–Kier alpha value is -1.91. The molecule has 4 nitrogen and oxygen atoms in total. The van der Waals surface area contributed by atoms with Crippen LogP contribution in [0, 0.1) is 11.7 Å². The van der Waals surface area contributed by atoms with Crippen molar-refractivity contribution in [2.75, 3.05) is 5.73 Å². The van der Waals surface area contributed by atoms with Crippen LogP contribution in [0.25, 0.3) is 11.5 Å². The number of anilines is 1. The minimum absolute atomic E-state index is 0.375. The Kier molecular flexibility index (Phi) is 3.08. The summed E-state index contributed by atoms with van der Waals surface area (Å²) < 4.78 is 17.9. The van der Waals surface area contributed by atoms with Crippen LogP contribution in [0.1, 0.15) is 19.4 Å². The minimum atomic E-state index is -0.383. The zero-order chi connectivity index (χ0) is 12.4. The van der Waals surface area contributed by atoms with Crippen molar-refractivity contribution < 1.29 is 8.91 Å². The normalized spacial score (nSPS) is 11.1. The van der Waals surface area contributed by atoms with E-state index in [4.69, 9.17) is 10.3 Å². The molecule has 2 heterocycles. The second kappa shape index (κ2) is 4.53. The van der Waals surface area contributed by atoms with Crippen LogP contribution in [0.4, 0.5) is 10.2 Å². The average molecular weight is 235 g/mol. The van der Waals surface area contributed by atoms with E-state index in [-0.39, 0.29) is 5.82 Å². The lowest BCUT2D eigenvalue weighted by atomic mass is 10.0. The van der Waals surface area contributed by atoms with Gasteiger partial charge in [-0.2, -0.15) is 0 Å². The number of aromatic nitrogens is 2. The molecule has 0 saturated carbocycles. The number of hydrogen-bond acceptors (Lipinski definition) is 4. The Bertz CT molecular complexity index is 505. The summed E-state index contributed by atoms with van der Waals surface area (Å²) in [5.41, 5.74) is 7.13. The molecule has 2 N–H and O–H groups in total. The van der Waals surface area contributed by atoms with Gasteiger partial charge >= 0.3 is 0 Å². The molecule has 0 radical (unpaired) electrons. The molecule has 0 fully saturated rings. The van der Waals surface area contributed by atoms with Crippen LogP contribution < -0.4 is 5.73 Å². The summed E-state index contributed by atoms with van der Waals surface area (Å²) in [6, 6.07) is 2.89. The second-order valence-electron chi connectivity index (χ2n) is 4.34. The number of rotatable bonds is 3. The Morgan fingerprint density at radius 2 is 2.18 bits per heavy atom. The van der Waals surface area contributed by atoms with E-state index in [0.29, 0.717) is 23.2 Å². The molecule has 0 aliphatic carbocycles. The first-order valence-electron chi connectivity index (χ1n) is 5.44. The highest BCUT2D eigenvalue weighted by Gasteiger charge is 2.17. The summed E-state index contributed by atoms with van der Waals surface area (Å²) in [5, 5.41) is 3.74. The van der Waals surface area contributed by atoms with Crippen LogP contribution >= 0.6 is 0 Å². The third-order valence-electron chi connectivity index (χ3n) is 2.39. The van der Waals surface area contributed by atoms with E-state index in [0.717, 1.165) is 18.2 Å². The molecular weight excluding hydrogens is 221 g/mol. The van der Waals surface area contributed by atoms with Gasteiger partial charge in [0, 0.05) is 5.56 Å². The third kappa shape index (κ3) is 2.43.